The first-order valence-corrected chi connectivity index (χ1v) is 12.0. The van der Waals surface area contributed by atoms with Gasteiger partial charge >= 0.3 is 0 Å². The lowest BCUT2D eigenvalue weighted by Gasteiger charge is -2.08. The maximum atomic E-state index is 2.41. The van der Waals surface area contributed by atoms with Crippen LogP contribution in [0.2, 0.25) is 0 Å². The van der Waals surface area contributed by atoms with Gasteiger partial charge in [-0.3, -0.25) is 0 Å². The van der Waals surface area contributed by atoms with Crippen LogP contribution in [0, 0.1) is 0 Å². The van der Waals surface area contributed by atoms with Gasteiger partial charge in [-0.1, -0.05) is 127 Å². The summed E-state index contributed by atoms with van der Waals surface area (Å²) < 4.78 is 0. The van der Waals surface area contributed by atoms with E-state index in [0.717, 1.165) is 0 Å². The Labute approximate surface area is 174 Å². The highest BCUT2D eigenvalue weighted by atomic mass is 14.1. The molecule has 0 atom stereocenters. The average Bonchev–Trinajstić information content (AvgIpc) is 2.73. The monoisotopic (exact) mass is 378 g/mol. The second-order valence-corrected chi connectivity index (χ2v) is 8.44. The van der Waals surface area contributed by atoms with E-state index in [1.165, 1.54) is 112 Å². The standard InChI is InChI=1S/C28H42/c1-3-5-7-9-11-13-17-25-19-15-21-27(23-25)28-22-16-20-26(24-28)18-14-12-10-8-6-4-2/h15-16,19-24H,3-14,17-18H2,1-2H3. The Bertz CT molecular complexity index is 582. The number of aryl methyl sites for hydroxylation is 2. The van der Waals surface area contributed by atoms with Crippen molar-refractivity contribution < 1.29 is 0 Å². The Morgan fingerprint density at radius 3 is 1.29 bits per heavy atom. The van der Waals surface area contributed by atoms with E-state index >= 15 is 0 Å². The molecule has 0 fully saturated rings. The topological polar surface area (TPSA) is 0 Å². The fourth-order valence-corrected chi connectivity index (χ4v) is 4.03. The van der Waals surface area contributed by atoms with Crippen LogP contribution in [0.4, 0.5) is 0 Å². The summed E-state index contributed by atoms with van der Waals surface area (Å²) in [6.45, 7) is 4.57. The Kier molecular flexibility index (Phi) is 11.7. The van der Waals surface area contributed by atoms with Gasteiger partial charge in [0.1, 0.15) is 0 Å². The molecule has 0 heterocycles. The van der Waals surface area contributed by atoms with Crippen molar-refractivity contribution >= 4 is 0 Å². The van der Waals surface area contributed by atoms with Crippen LogP contribution in [0.5, 0.6) is 0 Å². The number of unbranched alkanes of at least 4 members (excludes halogenated alkanes) is 10. The molecule has 0 amide bonds. The van der Waals surface area contributed by atoms with Crippen LogP contribution in [0.15, 0.2) is 48.5 Å². The lowest BCUT2D eigenvalue weighted by atomic mass is 9.97. The Morgan fingerprint density at radius 2 is 0.857 bits per heavy atom. The van der Waals surface area contributed by atoms with Crippen LogP contribution in [0.3, 0.4) is 0 Å². The van der Waals surface area contributed by atoms with Gasteiger partial charge in [-0.25, -0.2) is 0 Å². The van der Waals surface area contributed by atoms with Crippen molar-refractivity contribution in [2.24, 2.45) is 0 Å². The minimum Gasteiger partial charge on any atom is -0.0654 e. The van der Waals surface area contributed by atoms with Gasteiger partial charge in [0.05, 0.1) is 0 Å². The van der Waals surface area contributed by atoms with Crippen LogP contribution in [0.25, 0.3) is 11.1 Å². The highest BCUT2D eigenvalue weighted by Crippen LogP contribution is 2.23. The minimum atomic E-state index is 1.22. The van der Waals surface area contributed by atoms with Gasteiger partial charge in [0.2, 0.25) is 0 Å². The highest BCUT2D eigenvalue weighted by Gasteiger charge is 2.02. The molecular weight excluding hydrogens is 336 g/mol. The van der Waals surface area contributed by atoms with Crippen molar-refractivity contribution in [2.45, 2.75) is 104 Å². The molecule has 2 rings (SSSR count). The van der Waals surface area contributed by atoms with Crippen molar-refractivity contribution in [2.75, 3.05) is 0 Å². The van der Waals surface area contributed by atoms with Gasteiger partial charge in [0, 0.05) is 0 Å². The molecule has 0 spiro atoms. The third-order valence-corrected chi connectivity index (χ3v) is 5.83. The molecule has 0 unspecified atom stereocenters. The number of rotatable bonds is 15. The quantitative estimate of drug-likeness (QED) is 0.271. The van der Waals surface area contributed by atoms with Gasteiger partial charge in [0.15, 0.2) is 0 Å². The van der Waals surface area contributed by atoms with Gasteiger partial charge in [0.25, 0.3) is 0 Å². The molecule has 0 saturated heterocycles. The molecule has 0 heteroatoms. The normalized spacial score (nSPS) is 11.1. The Balaban J connectivity index is 1.82. The molecule has 0 N–H and O–H groups in total. The number of benzene rings is 2. The van der Waals surface area contributed by atoms with Crippen molar-refractivity contribution in [3.63, 3.8) is 0 Å². The molecule has 0 bridgehead atoms. The predicted molar refractivity (Wildman–Crippen MR) is 126 cm³/mol. The van der Waals surface area contributed by atoms with Gasteiger partial charge in [-0.2, -0.15) is 0 Å². The fraction of sp³-hybridized carbons (Fsp3) is 0.571. The third-order valence-electron chi connectivity index (χ3n) is 5.83. The molecule has 0 aromatic heterocycles. The first kappa shape index (κ1) is 22.7. The van der Waals surface area contributed by atoms with E-state index < -0.39 is 0 Å². The number of hydrogen-bond acceptors (Lipinski definition) is 0. The SMILES string of the molecule is CCCCCCCCc1cccc(-c2cccc(CCCCCCCC)c2)c1. The first-order chi connectivity index (χ1) is 13.8. The van der Waals surface area contributed by atoms with E-state index in [1.807, 2.05) is 0 Å². The zero-order valence-corrected chi connectivity index (χ0v) is 18.5. The molecule has 0 aliphatic rings. The summed E-state index contributed by atoms with van der Waals surface area (Å²) in [4.78, 5) is 0. The Morgan fingerprint density at radius 1 is 0.464 bits per heavy atom. The molecule has 0 aliphatic carbocycles. The van der Waals surface area contributed by atoms with Gasteiger partial charge in [-0.05, 0) is 47.9 Å². The van der Waals surface area contributed by atoms with Crippen molar-refractivity contribution in [1.82, 2.24) is 0 Å². The second-order valence-electron chi connectivity index (χ2n) is 8.44. The summed E-state index contributed by atoms with van der Waals surface area (Å²) in [5.74, 6) is 0. The summed E-state index contributed by atoms with van der Waals surface area (Å²) in [6.07, 6.45) is 18.9. The zero-order chi connectivity index (χ0) is 19.9. The summed E-state index contributed by atoms with van der Waals surface area (Å²) in [7, 11) is 0. The third kappa shape index (κ3) is 9.09. The zero-order valence-electron chi connectivity index (χ0n) is 18.5. The maximum absolute atomic E-state index is 2.41. The molecule has 0 nitrogen and oxygen atoms in total. The smallest absolute Gasteiger partial charge is 0.0181 e. The number of hydrogen-bond donors (Lipinski definition) is 0. The minimum absolute atomic E-state index is 1.22. The van der Waals surface area contributed by atoms with E-state index in [4.69, 9.17) is 0 Å². The molecule has 28 heavy (non-hydrogen) atoms. The summed E-state index contributed by atoms with van der Waals surface area (Å²) in [5, 5.41) is 0. The molecule has 2 aromatic rings. The molecule has 2 aromatic carbocycles. The fourth-order valence-electron chi connectivity index (χ4n) is 4.03. The summed E-state index contributed by atoms with van der Waals surface area (Å²) >= 11 is 0. The second kappa shape index (κ2) is 14.4. The van der Waals surface area contributed by atoms with Crippen molar-refractivity contribution in [3.8, 4) is 11.1 Å². The van der Waals surface area contributed by atoms with Crippen LogP contribution in [-0.4, -0.2) is 0 Å². The molecule has 0 saturated carbocycles. The van der Waals surface area contributed by atoms with E-state index in [2.05, 4.69) is 62.4 Å². The van der Waals surface area contributed by atoms with Crippen molar-refractivity contribution in [1.29, 1.82) is 0 Å². The van der Waals surface area contributed by atoms with E-state index in [-0.39, 0.29) is 0 Å². The van der Waals surface area contributed by atoms with Crippen LogP contribution < -0.4 is 0 Å². The summed E-state index contributed by atoms with van der Waals surface area (Å²) in [6, 6.07) is 18.4. The lowest BCUT2D eigenvalue weighted by molar-refractivity contribution is 0.607. The van der Waals surface area contributed by atoms with Crippen LogP contribution in [-0.2, 0) is 12.8 Å². The lowest BCUT2D eigenvalue weighted by Crippen LogP contribution is -1.90. The molecule has 154 valence electrons. The van der Waals surface area contributed by atoms with Crippen LogP contribution >= 0.6 is 0 Å². The largest absolute Gasteiger partial charge is 0.0654 e. The summed E-state index contributed by atoms with van der Waals surface area (Å²) in [5.41, 5.74) is 5.75. The average molecular weight is 379 g/mol. The first-order valence-electron chi connectivity index (χ1n) is 12.0. The van der Waals surface area contributed by atoms with E-state index in [0.29, 0.717) is 0 Å². The Hall–Kier alpha value is -1.56. The van der Waals surface area contributed by atoms with E-state index in [1.54, 1.807) is 0 Å². The maximum Gasteiger partial charge on any atom is -0.0181 e. The van der Waals surface area contributed by atoms with E-state index in [9.17, 15) is 0 Å². The molecule has 0 radical (unpaired) electrons. The predicted octanol–water partition coefficient (Wildman–Crippen LogP) is 9.16. The van der Waals surface area contributed by atoms with Crippen molar-refractivity contribution in [3.05, 3.63) is 59.7 Å². The van der Waals surface area contributed by atoms with Crippen LogP contribution in [0.1, 0.15) is 102 Å². The highest BCUT2D eigenvalue weighted by molar-refractivity contribution is 5.65. The van der Waals surface area contributed by atoms with Gasteiger partial charge in [-0.15, -0.1) is 0 Å². The van der Waals surface area contributed by atoms with Gasteiger partial charge < -0.3 is 0 Å². The molecule has 0 aliphatic heterocycles. The molecular formula is C28H42.